The summed E-state index contributed by atoms with van der Waals surface area (Å²) in [6, 6.07) is 8.07. The number of aryl methyl sites for hydroxylation is 1. The fraction of sp³-hybridized carbons (Fsp3) is 0.360. The number of nitrogens with zero attached hydrogens (tertiary/aromatic N) is 3. The van der Waals surface area contributed by atoms with Crippen LogP contribution < -0.4 is 0 Å². The van der Waals surface area contributed by atoms with E-state index in [0.29, 0.717) is 41.3 Å². The van der Waals surface area contributed by atoms with Crippen molar-refractivity contribution < 1.29 is 37.9 Å². The van der Waals surface area contributed by atoms with Gasteiger partial charge in [-0.3, -0.25) is 9.69 Å². The van der Waals surface area contributed by atoms with Crippen molar-refractivity contribution in [1.29, 1.82) is 0 Å². The summed E-state index contributed by atoms with van der Waals surface area (Å²) >= 11 is 11.8. The van der Waals surface area contributed by atoms with Crippen molar-refractivity contribution in [1.82, 2.24) is 4.90 Å². The van der Waals surface area contributed by atoms with Crippen LogP contribution in [0.15, 0.2) is 40.6 Å². The largest absolute Gasteiger partial charge is 0.509 e. The number of carbonyl (C=O) groups excluding carboxylic acids is 2. The van der Waals surface area contributed by atoms with Gasteiger partial charge in [0.15, 0.2) is 18.7 Å². The highest BCUT2D eigenvalue weighted by Gasteiger charge is 2.34. The van der Waals surface area contributed by atoms with Crippen LogP contribution in [0.25, 0.3) is 0 Å². The van der Waals surface area contributed by atoms with E-state index in [1.54, 1.807) is 32.0 Å². The molecule has 0 N–H and O–H groups in total. The Morgan fingerprint density at radius 1 is 1.13 bits per heavy atom. The highest BCUT2D eigenvalue weighted by atomic mass is 35.5. The highest BCUT2D eigenvalue weighted by Crippen LogP contribution is 2.35. The van der Waals surface area contributed by atoms with E-state index in [2.05, 4.69) is 15.0 Å². The van der Waals surface area contributed by atoms with E-state index in [-0.39, 0.29) is 16.5 Å². The standard InChI is InChI=1S/C25H24Cl2FN3O7/c1-4-35-21-11-22(38-30-21)31(12-36-25(33)34-3)24(32)16-6-5-14(7-13(16)2)19-10-20(37-29-19)15-8-17(26)23(28)18(27)9-15/h5-9,20,22H,4,10-12H2,1-3H3/t20-,22?/m0/s1. The minimum atomic E-state index is -0.948. The van der Waals surface area contributed by atoms with Crippen LogP contribution in [-0.2, 0) is 23.9 Å². The quantitative estimate of drug-likeness (QED) is 0.244. The zero-order valence-electron chi connectivity index (χ0n) is 20.7. The van der Waals surface area contributed by atoms with Crippen LogP contribution in [0, 0.1) is 12.7 Å². The second kappa shape index (κ2) is 11.9. The van der Waals surface area contributed by atoms with Crippen LogP contribution in [0.2, 0.25) is 10.0 Å². The summed E-state index contributed by atoms with van der Waals surface area (Å²) in [5, 5.41) is 7.81. The number of carbonyl (C=O) groups is 2. The minimum absolute atomic E-state index is 0.103. The molecule has 2 aliphatic heterocycles. The summed E-state index contributed by atoms with van der Waals surface area (Å²) in [4.78, 5) is 37.2. The number of amides is 1. The van der Waals surface area contributed by atoms with Gasteiger partial charge in [-0.15, -0.1) is 0 Å². The Morgan fingerprint density at radius 3 is 2.53 bits per heavy atom. The van der Waals surface area contributed by atoms with E-state index in [1.165, 1.54) is 24.1 Å². The summed E-state index contributed by atoms with van der Waals surface area (Å²) in [6.45, 7) is 3.53. The summed E-state index contributed by atoms with van der Waals surface area (Å²) in [5.41, 5.74) is 2.95. The van der Waals surface area contributed by atoms with Crippen LogP contribution in [0.4, 0.5) is 9.18 Å². The number of methoxy groups -OCH3 is 1. The average molecular weight is 568 g/mol. The lowest BCUT2D eigenvalue weighted by atomic mass is 9.97. The smallest absolute Gasteiger partial charge is 0.479 e. The zero-order chi connectivity index (χ0) is 27.4. The van der Waals surface area contributed by atoms with Crippen molar-refractivity contribution >= 4 is 46.9 Å². The first-order valence-corrected chi connectivity index (χ1v) is 12.3. The van der Waals surface area contributed by atoms with Crippen LogP contribution in [-0.4, -0.2) is 55.2 Å². The third-order valence-electron chi connectivity index (χ3n) is 5.87. The molecule has 0 bridgehead atoms. The first-order valence-electron chi connectivity index (χ1n) is 11.6. The Labute approximate surface area is 227 Å². The third-order valence-corrected chi connectivity index (χ3v) is 6.42. The molecular weight excluding hydrogens is 544 g/mol. The lowest BCUT2D eigenvalue weighted by Gasteiger charge is -2.26. The number of rotatable bonds is 7. The topological polar surface area (TPSA) is 108 Å². The Kier molecular flexibility index (Phi) is 8.58. The lowest BCUT2D eigenvalue weighted by molar-refractivity contribution is -0.0653. The van der Waals surface area contributed by atoms with E-state index in [0.717, 1.165) is 5.56 Å². The van der Waals surface area contributed by atoms with Crippen molar-refractivity contribution in [3.8, 4) is 0 Å². The summed E-state index contributed by atoms with van der Waals surface area (Å²) in [5.74, 6) is -0.811. The Bertz CT molecular complexity index is 1280. The number of hydrogen-bond acceptors (Lipinski definition) is 9. The van der Waals surface area contributed by atoms with E-state index in [4.69, 9.17) is 42.4 Å². The van der Waals surface area contributed by atoms with Crippen molar-refractivity contribution in [3.05, 3.63) is 68.4 Å². The summed E-state index contributed by atoms with van der Waals surface area (Å²) in [6.07, 6.45) is -1.70. The molecule has 0 saturated carbocycles. The molecule has 1 amide bonds. The molecule has 4 rings (SSSR count). The number of halogens is 3. The predicted octanol–water partition coefficient (Wildman–Crippen LogP) is 5.59. The molecule has 1 unspecified atom stereocenters. The van der Waals surface area contributed by atoms with Gasteiger partial charge in [-0.1, -0.05) is 34.4 Å². The fourth-order valence-corrected chi connectivity index (χ4v) is 4.45. The molecule has 0 aromatic heterocycles. The first-order chi connectivity index (χ1) is 18.2. The van der Waals surface area contributed by atoms with Crippen LogP contribution >= 0.6 is 23.2 Å². The van der Waals surface area contributed by atoms with Crippen LogP contribution in [0.3, 0.4) is 0 Å². The maximum atomic E-state index is 13.8. The predicted molar refractivity (Wildman–Crippen MR) is 136 cm³/mol. The van der Waals surface area contributed by atoms with E-state index < -0.39 is 36.9 Å². The van der Waals surface area contributed by atoms with Crippen molar-refractivity contribution in [2.75, 3.05) is 20.4 Å². The van der Waals surface area contributed by atoms with Gasteiger partial charge in [0.05, 0.1) is 35.9 Å². The molecule has 0 spiro atoms. The molecule has 0 radical (unpaired) electrons. The van der Waals surface area contributed by atoms with Gasteiger partial charge in [0.25, 0.3) is 5.91 Å². The number of oxime groups is 2. The molecular formula is C25H24Cl2FN3O7. The molecule has 2 heterocycles. The van der Waals surface area contributed by atoms with Gasteiger partial charge in [0, 0.05) is 12.0 Å². The average Bonchev–Trinajstić information content (AvgIpc) is 3.57. The van der Waals surface area contributed by atoms with E-state index >= 15 is 0 Å². The molecule has 2 aromatic rings. The molecule has 13 heteroatoms. The Morgan fingerprint density at radius 2 is 1.87 bits per heavy atom. The van der Waals surface area contributed by atoms with Crippen molar-refractivity contribution in [2.45, 2.75) is 39.0 Å². The molecule has 202 valence electrons. The van der Waals surface area contributed by atoms with Crippen molar-refractivity contribution in [2.24, 2.45) is 10.3 Å². The fourth-order valence-electron chi connectivity index (χ4n) is 3.94. The lowest BCUT2D eigenvalue weighted by Crippen LogP contribution is -2.43. The molecule has 0 aliphatic carbocycles. The third kappa shape index (κ3) is 5.94. The van der Waals surface area contributed by atoms with Gasteiger partial charge in [-0.2, -0.15) is 0 Å². The van der Waals surface area contributed by atoms with Crippen LogP contribution in [0.5, 0.6) is 0 Å². The summed E-state index contributed by atoms with van der Waals surface area (Å²) < 4.78 is 28.7. The van der Waals surface area contributed by atoms with Gasteiger partial charge in [0.1, 0.15) is 0 Å². The molecule has 2 atom stereocenters. The maximum Gasteiger partial charge on any atom is 0.509 e. The maximum absolute atomic E-state index is 13.8. The van der Waals surface area contributed by atoms with Gasteiger partial charge in [-0.05, 0) is 60.0 Å². The Hall–Kier alpha value is -3.57. The molecule has 0 saturated heterocycles. The molecule has 0 fully saturated rings. The minimum Gasteiger partial charge on any atom is -0.479 e. The normalized spacial score (nSPS) is 18.2. The van der Waals surface area contributed by atoms with Crippen molar-refractivity contribution in [3.63, 3.8) is 0 Å². The zero-order valence-corrected chi connectivity index (χ0v) is 22.2. The highest BCUT2D eigenvalue weighted by molar-refractivity contribution is 6.35. The summed E-state index contributed by atoms with van der Waals surface area (Å²) in [7, 11) is 1.17. The van der Waals surface area contributed by atoms with E-state index in [9.17, 15) is 14.0 Å². The molecule has 38 heavy (non-hydrogen) atoms. The monoisotopic (exact) mass is 567 g/mol. The second-order valence-corrected chi connectivity index (χ2v) is 9.16. The Balaban J connectivity index is 1.50. The van der Waals surface area contributed by atoms with Crippen LogP contribution in [0.1, 0.15) is 52.9 Å². The van der Waals surface area contributed by atoms with E-state index in [1.807, 2.05) is 0 Å². The SMILES string of the molecule is CCOC1=NOC(N(COC(=O)OC)C(=O)c2ccc(C3=NO[C@H](c4cc(Cl)c(F)c(Cl)c4)C3)cc2C)C1. The van der Waals surface area contributed by atoms with Gasteiger partial charge < -0.3 is 23.9 Å². The molecule has 2 aromatic carbocycles. The van der Waals surface area contributed by atoms with Gasteiger partial charge >= 0.3 is 6.16 Å². The van der Waals surface area contributed by atoms with Gasteiger partial charge in [0.2, 0.25) is 12.1 Å². The number of hydrogen-bond donors (Lipinski definition) is 0. The molecule has 10 nitrogen and oxygen atoms in total. The number of ether oxygens (including phenoxy) is 3. The number of benzene rings is 2. The first kappa shape index (κ1) is 27.5. The van der Waals surface area contributed by atoms with Gasteiger partial charge in [-0.25, -0.2) is 9.18 Å². The second-order valence-electron chi connectivity index (χ2n) is 8.35. The molecule has 2 aliphatic rings.